The molecule has 8 heteroatoms. The predicted octanol–water partition coefficient (Wildman–Crippen LogP) is 1.47. The van der Waals surface area contributed by atoms with Crippen molar-refractivity contribution in [2.75, 3.05) is 6.61 Å². The summed E-state index contributed by atoms with van der Waals surface area (Å²) in [6.07, 6.45) is 2.08. The number of nitrogens with one attached hydrogen (secondary N) is 1. The molecule has 1 aromatic heterocycles. The molecule has 0 aromatic carbocycles. The topological polar surface area (TPSA) is 73.2 Å². The molecule has 0 radical (unpaired) electrons. The normalized spacial score (nSPS) is 11.5. The highest BCUT2D eigenvalue weighted by atomic mass is 19.3. The van der Waals surface area contributed by atoms with Crippen LogP contribution in [-0.4, -0.2) is 28.3 Å². The molecule has 6 nitrogen and oxygen atoms in total. The van der Waals surface area contributed by atoms with E-state index in [0.29, 0.717) is 4.68 Å². The summed E-state index contributed by atoms with van der Waals surface area (Å²) in [6, 6.07) is 1.15. The molecule has 0 unspecified atom stereocenters. The number of carbonyl (C=O) groups excluding carboxylic acids is 2. The van der Waals surface area contributed by atoms with Crippen molar-refractivity contribution in [2.24, 2.45) is 0 Å². The first-order chi connectivity index (χ1) is 8.93. The summed E-state index contributed by atoms with van der Waals surface area (Å²) in [5, 5.41) is 5.73. The molecule has 0 spiro atoms. The van der Waals surface area contributed by atoms with Crippen molar-refractivity contribution in [1.29, 1.82) is 0 Å². The Morgan fingerprint density at radius 3 is 2.79 bits per heavy atom. The van der Waals surface area contributed by atoms with E-state index in [4.69, 9.17) is 0 Å². The molecule has 0 bridgehead atoms. The van der Waals surface area contributed by atoms with E-state index in [2.05, 4.69) is 15.2 Å². The minimum absolute atomic E-state index is 0.170. The smallest absolute Gasteiger partial charge is 0.333 e. The lowest BCUT2D eigenvalue weighted by Crippen LogP contribution is -2.23. The molecule has 1 heterocycles. The predicted molar refractivity (Wildman–Crippen MR) is 61.3 cm³/mol. The Bertz CT molecular complexity index is 497. The number of amides is 1. The van der Waals surface area contributed by atoms with Crippen molar-refractivity contribution in [3.05, 3.63) is 29.7 Å². The van der Waals surface area contributed by atoms with Crippen LogP contribution in [0.25, 0.3) is 0 Å². The number of hydrogen-bond acceptors (Lipinski definition) is 4. The van der Waals surface area contributed by atoms with E-state index in [-0.39, 0.29) is 18.0 Å². The van der Waals surface area contributed by atoms with Crippen LogP contribution in [0.4, 0.5) is 8.78 Å². The number of allylic oxidation sites excluding steroid dienone is 1. The summed E-state index contributed by atoms with van der Waals surface area (Å²) < 4.78 is 29.5. The molecule has 1 amide bonds. The molecular formula is C11H13F2N3O3. The van der Waals surface area contributed by atoms with Gasteiger partial charge in [0.05, 0.1) is 6.61 Å². The summed E-state index contributed by atoms with van der Waals surface area (Å²) in [5.74, 6) is -1.28. The maximum absolute atomic E-state index is 12.3. The molecule has 0 aliphatic heterocycles. The summed E-state index contributed by atoms with van der Waals surface area (Å²) in [6.45, 7) is 0.531. The Balaban J connectivity index is 2.66. The van der Waals surface area contributed by atoms with Crippen LogP contribution in [0.15, 0.2) is 24.0 Å². The van der Waals surface area contributed by atoms with Gasteiger partial charge in [-0.25, -0.2) is 9.48 Å². The number of alkyl halides is 2. The molecule has 0 aliphatic carbocycles. The molecule has 1 rings (SSSR count). The number of hydrogen-bond donors (Lipinski definition) is 1. The first-order valence-corrected chi connectivity index (χ1v) is 5.43. The summed E-state index contributed by atoms with van der Waals surface area (Å²) in [5.41, 5.74) is 0.0620. The second-order valence-electron chi connectivity index (χ2n) is 3.49. The van der Waals surface area contributed by atoms with Gasteiger partial charge in [-0.15, -0.1) is 0 Å². The average molecular weight is 273 g/mol. The number of ether oxygens (including phenoxy) is 1. The van der Waals surface area contributed by atoms with Gasteiger partial charge >= 0.3 is 12.5 Å². The molecule has 0 fully saturated rings. The third-order valence-corrected chi connectivity index (χ3v) is 1.97. The fourth-order valence-corrected chi connectivity index (χ4v) is 1.21. The lowest BCUT2D eigenvalue weighted by Gasteiger charge is -2.03. The van der Waals surface area contributed by atoms with Crippen molar-refractivity contribution in [3.8, 4) is 0 Å². The van der Waals surface area contributed by atoms with Crippen molar-refractivity contribution in [3.63, 3.8) is 0 Å². The van der Waals surface area contributed by atoms with Gasteiger partial charge in [0.2, 0.25) is 0 Å². The molecule has 0 saturated carbocycles. The van der Waals surface area contributed by atoms with E-state index in [1.54, 1.807) is 6.92 Å². The zero-order chi connectivity index (χ0) is 14.4. The van der Waals surface area contributed by atoms with Crippen LogP contribution in [0.1, 0.15) is 30.9 Å². The molecule has 1 N–H and O–H groups in total. The van der Waals surface area contributed by atoms with Gasteiger partial charge in [0.15, 0.2) is 5.69 Å². The largest absolute Gasteiger partial charge is 0.463 e. The van der Waals surface area contributed by atoms with Gasteiger partial charge in [-0.3, -0.25) is 4.79 Å². The van der Waals surface area contributed by atoms with Crippen LogP contribution in [0.2, 0.25) is 0 Å². The SMILES string of the molecule is CCOC(=O)/C=C(\C)NC(=O)c1ccn(C(F)F)n1. The maximum atomic E-state index is 12.3. The van der Waals surface area contributed by atoms with Gasteiger partial charge in [0.25, 0.3) is 5.91 Å². The van der Waals surface area contributed by atoms with Crippen LogP contribution in [0, 0.1) is 0 Å². The summed E-state index contributed by atoms with van der Waals surface area (Å²) >= 11 is 0. The highest BCUT2D eigenvalue weighted by Crippen LogP contribution is 2.08. The minimum atomic E-state index is -2.81. The van der Waals surface area contributed by atoms with Crippen LogP contribution in [0.3, 0.4) is 0 Å². The number of esters is 1. The highest BCUT2D eigenvalue weighted by Gasteiger charge is 2.13. The van der Waals surface area contributed by atoms with E-state index in [9.17, 15) is 18.4 Å². The van der Waals surface area contributed by atoms with Crippen molar-refractivity contribution >= 4 is 11.9 Å². The Morgan fingerprint density at radius 1 is 1.58 bits per heavy atom. The number of carbonyl (C=O) groups is 2. The molecule has 0 saturated heterocycles. The third kappa shape index (κ3) is 4.49. The summed E-state index contributed by atoms with van der Waals surface area (Å²) in [7, 11) is 0. The molecule has 1 aromatic rings. The van der Waals surface area contributed by atoms with Crippen LogP contribution in [0.5, 0.6) is 0 Å². The Kier molecular flexibility index (Phi) is 5.16. The number of nitrogens with zero attached hydrogens (tertiary/aromatic N) is 2. The van der Waals surface area contributed by atoms with E-state index in [0.717, 1.165) is 18.3 Å². The Hall–Kier alpha value is -2.25. The first kappa shape index (κ1) is 14.8. The van der Waals surface area contributed by atoms with Gasteiger partial charge in [0, 0.05) is 18.0 Å². The zero-order valence-electron chi connectivity index (χ0n) is 10.4. The Labute approximate surface area is 108 Å². The van der Waals surface area contributed by atoms with E-state index in [1.807, 2.05) is 0 Å². The number of halogens is 2. The van der Waals surface area contributed by atoms with Crippen LogP contribution >= 0.6 is 0 Å². The standard InChI is InChI=1S/C11H13F2N3O3/c1-3-19-9(17)6-7(2)14-10(18)8-4-5-16(15-8)11(12)13/h4-6,11H,3H2,1-2H3,(H,14,18)/b7-6+. The fraction of sp³-hybridized carbons (Fsp3) is 0.364. The molecule has 19 heavy (non-hydrogen) atoms. The van der Waals surface area contributed by atoms with E-state index in [1.165, 1.54) is 6.92 Å². The number of aromatic nitrogens is 2. The monoisotopic (exact) mass is 273 g/mol. The van der Waals surface area contributed by atoms with Gasteiger partial charge in [-0.1, -0.05) is 0 Å². The summed E-state index contributed by atoms with van der Waals surface area (Å²) in [4.78, 5) is 22.7. The zero-order valence-corrected chi connectivity index (χ0v) is 10.4. The van der Waals surface area contributed by atoms with Gasteiger partial charge in [0.1, 0.15) is 0 Å². The highest BCUT2D eigenvalue weighted by molar-refractivity contribution is 5.94. The van der Waals surface area contributed by atoms with E-state index >= 15 is 0 Å². The lowest BCUT2D eigenvalue weighted by atomic mass is 10.3. The second kappa shape index (κ2) is 6.62. The maximum Gasteiger partial charge on any atom is 0.333 e. The number of rotatable bonds is 5. The quantitative estimate of drug-likeness (QED) is 0.651. The third-order valence-electron chi connectivity index (χ3n) is 1.97. The van der Waals surface area contributed by atoms with E-state index < -0.39 is 18.4 Å². The van der Waals surface area contributed by atoms with Crippen molar-refractivity contribution in [2.45, 2.75) is 20.4 Å². The average Bonchev–Trinajstić information content (AvgIpc) is 2.77. The van der Waals surface area contributed by atoms with Gasteiger partial charge < -0.3 is 10.1 Å². The molecule has 0 aliphatic rings. The molecular weight excluding hydrogens is 260 g/mol. The van der Waals surface area contributed by atoms with Gasteiger partial charge in [-0.2, -0.15) is 13.9 Å². The van der Waals surface area contributed by atoms with Crippen LogP contribution in [-0.2, 0) is 9.53 Å². The molecule has 104 valence electrons. The molecule has 0 atom stereocenters. The first-order valence-electron chi connectivity index (χ1n) is 5.43. The van der Waals surface area contributed by atoms with Crippen molar-refractivity contribution < 1.29 is 23.1 Å². The fourth-order valence-electron chi connectivity index (χ4n) is 1.21. The van der Waals surface area contributed by atoms with Crippen molar-refractivity contribution in [1.82, 2.24) is 15.1 Å². The second-order valence-corrected chi connectivity index (χ2v) is 3.49. The van der Waals surface area contributed by atoms with Crippen LogP contribution < -0.4 is 5.32 Å². The minimum Gasteiger partial charge on any atom is -0.463 e. The Morgan fingerprint density at radius 2 is 2.26 bits per heavy atom. The van der Waals surface area contributed by atoms with Gasteiger partial charge in [-0.05, 0) is 19.9 Å². The lowest BCUT2D eigenvalue weighted by molar-refractivity contribution is -0.137.